The summed E-state index contributed by atoms with van der Waals surface area (Å²) in [7, 11) is 3.98. The van der Waals surface area contributed by atoms with Crippen molar-refractivity contribution in [2.24, 2.45) is 4.99 Å². The Kier molecular flexibility index (Phi) is 8.69. The molecule has 6 heteroatoms. The maximum atomic E-state index is 13.4. The second-order valence-electron chi connectivity index (χ2n) is 7.27. The van der Waals surface area contributed by atoms with Crippen LogP contribution in [-0.4, -0.2) is 44.7 Å². The smallest absolute Gasteiger partial charge is 0.193 e. The van der Waals surface area contributed by atoms with Gasteiger partial charge in [0, 0.05) is 39.3 Å². The van der Waals surface area contributed by atoms with Crippen molar-refractivity contribution in [3.63, 3.8) is 0 Å². The third-order valence-corrected chi connectivity index (χ3v) is 5.17. The average Bonchev–Trinajstić information content (AvgIpc) is 2.69. The van der Waals surface area contributed by atoms with Gasteiger partial charge in [-0.3, -0.25) is 0 Å². The van der Waals surface area contributed by atoms with E-state index in [9.17, 15) is 4.39 Å². The molecule has 0 aliphatic carbocycles. The monoisotopic (exact) mass is 497 g/mol. The van der Waals surface area contributed by atoms with Crippen molar-refractivity contribution in [3.8, 4) is 0 Å². The van der Waals surface area contributed by atoms with E-state index in [1.165, 1.54) is 5.56 Å². The molecule has 4 nitrogen and oxygen atoms in total. The second kappa shape index (κ2) is 10.8. The van der Waals surface area contributed by atoms with E-state index in [0.717, 1.165) is 44.1 Å². The number of hydrogen-bond donors (Lipinski definition) is 1. The molecule has 1 fully saturated rings. The van der Waals surface area contributed by atoms with Crippen LogP contribution in [0.3, 0.4) is 0 Å². The van der Waals surface area contributed by atoms with Gasteiger partial charge in [-0.2, -0.15) is 0 Å². The van der Waals surface area contributed by atoms with Gasteiger partial charge in [-0.05, 0) is 36.1 Å². The summed E-state index contributed by atoms with van der Waals surface area (Å²) in [6, 6.07) is 17.1. The van der Waals surface area contributed by atoms with Gasteiger partial charge in [0.1, 0.15) is 5.82 Å². The SMILES string of the molecule is CN(C)C(=NCc1ccccc1)NCC1(c2ccc(F)cc2)CCOCC1.I. The second-order valence-corrected chi connectivity index (χ2v) is 7.27. The van der Waals surface area contributed by atoms with Gasteiger partial charge in [0.05, 0.1) is 6.54 Å². The zero-order chi connectivity index (χ0) is 19.1. The Hall–Kier alpha value is -1.67. The minimum Gasteiger partial charge on any atom is -0.381 e. The summed E-state index contributed by atoms with van der Waals surface area (Å²) in [6.07, 6.45) is 1.82. The normalized spacial score (nSPS) is 16.2. The number of nitrogens with one attached hydrogen (secondary N) is 1. The lowest BCUT2D eigenvalue weighted by Gasteiger charge is -2.38. The Morgan fingerprint density at radius 3 is 2.32 bits per heavy atom. The number of aliphatic imine (C=N–C) groups is 1. The first kappa shape index (κ1) is 22.6. The molecule has 1 N–H and O–H groups in total. The third kappa shape index (κ3) is 5.91. The van der Waals surface area contributed by atoms with Crippen molar-refractivity contribution >= 4 is 29.9 Å². The molecule has 0 spiro atoms. The fourth-order valence-corrected chi connectivity index (χ4v) is 3.49. The number of rotatable bonds is 5. The predicted octanol–water partition coefficient (Wildman–Crippen LogP) is 4.20. The van der Waals surface area contributed by atoms with E-state index in [1.807, 2.05) is 49.3 Å². The standard InChI is InChI=1S/C22H28FN3O.HI/c1-26(2)21(24-16-18-6-4-3-5-7-18)25-17-22(12-14-27-15-13-22)19-8-10-20(23)11-9-19;/h3-11H,12-17H2,1-2H3,(H,24,25);1H. The highest BCUT2D eigenvalue weighted by atomic mass is 127. The molecule has 1 saturated heterocycles. The van der Waals surface area contributed by atoms with Crippen LogP contribution in [0.15, 0.2) is 59.6 Å². The zero-order valence-corrected chi connectivity index (χ0v) is 18.9. The lowest BCUT2D eigenvalue weighted by atomic mass is 9.74. The molecule has 2 aromatic carbocycles. The van der Waals surface area contributed by atoms with Crippen molar-refractivity contribution in [2.75, 3.05) is 33.9 Å². The van der Waals surface area contributed by atoms with Gasteiger partial charge in [0.25, 0.3) is 0 Å². The molecule has 0 saturated carbocycles. The fraction of sp³-hybridized carbons (Fsp3) is 0.409. The molecule has 0 atom stereocenters. The maximum absolute atomic E-state index is 13.4. The number of ether oxygens (including phenoxy) is 1. The minimum atomic E-state index is -0.202. The predicted molar refractivity (Wildman–Crippen MR) is 123 cm³/mol. The van der Waals surface area contributed by atoms with E-state index in [-0.39, 0.29) is 35.2 Å². The molecular formula is C22H29FIN3O. The molecule has 28 heavy (non-hydrogen) atoms. The maximum Gasteiger partial charge on any atom is 0.193 e. The van der Waals surface area contributed by atoms with Crippen LogP contribution in [0, 0.1) is 5.82 Å². The van der Waals surface area contributed by atoms with Gasteiger partial charge in [-0.1, -0.05) is 42.5 Å². The molecule has 3 rings (SSSR count). The summed E-state index contributed by atoms with van der Waals surface area (Å²) >= 11 is 0. The topological polar surface area (TPSA) is 36.9 Å². The van der Waals surface area contributed by atoms with Crippen LogP contribution in [0.1, 0.15) is 24.0 Å². The Labute approximate surface area is 184 Å². The first-order valence-electron chi connectivity index (χ1n) is 9.42. The third-order valence-electron chi connectivity index (χ3n) is 5.17. The van der Waals surface area contributed by atoms with E-state index in [4.69, 9.17) is 9.73 Å². The van der Waals surface area contributed by atoms with Crippen molar-refractivity contribution in [1.29, 1.82) is 0 Å². The van der Waals surface area contributed by atoms with Crippen LogP contribution >= 0.6 is 24.0 Å². The molecule has 1 heterocycles. The molecule has 1 aliphatic rings. The highest BCUT2D eigenvalue weighted by Crippen LogP contribution is 2.34. The highest BCUT2D eigenvalue weighted by molar-refractivity contribution is 14.0. The summed E-state index contributed by atoms with van der Waals surface area (Å²) in [6.45, 7) is 2.82. The molecule has 0 radical (unpaired) electrons. The van der Waals surface area contributed by atoms with E-state index >= 15 is 0 Å². The number of halogens is 2. The molecule has 1 aliphatic heterocycles. The quantitative estimate of drug-likeness (QED) is 0.383. The molecule has 0 unspecified atom stereocenters. The van der Waals surface area contributed by atoms with Gasteiger partial charge in [-0.15, -0.1) is 24.0 Å². The zero-order valence-electron chi connectivity index (χ0n) is 16.5. The average molecular weight is 497 g/mol. The van der Waals surface area contributed by atoms with Crippen LogP contribution in [0.2, 0.25) is 0 Å². The van der Waals surface area contributed by atoms with E-state index < -0.39 is 0 Å². The first-order chi connectivity index (χ1) is 13.1. The Bertz CT molecular complexity index is 744. The Morgan fingerprint density at radius 1 is 1.07 bits per heavy atom. The van der Waals surface area contributed by atoms with Crippen molar-refractivity contribution in [1.82, 2.24) is 10.2 Å². The van der Waals surface area contributed by atoms with E-state index in [0.29, 0.717) is 6.54 Å². The minimum absolute atomic E-state index is 0. The summed E-state index contributed by atoms with van der Waals surface area (Å²) in [5, 5.41) is 3.54. The van der Waals surface area contributed by atoms with Crippen molar-refractivity contribution < 1.29 is 9.13 Å². The number of benzene rings is 2. The van der Waals surface area contributed by atoms with Crippen molar-refractivity contribution in [2.45, 2.75) is 24.8 Å². The summed E-state index contributed by atoms with van der Waals surface area (Å²) < 4.78 is 19.0. The van der Waals surface area contributed by atoms with E-state index in [1.54, 1.807) is 12.1 Å². The first-order valence-corrected chi connectivity index (χ1v) is 9.42. The number of hydrogen-bond acceptors (Lipinski definition) is 2. The highest BCUT2D eigenvalue weighted by Gasteiger charge is 2.34. The molecular weight excluding hydrogens is 468 g/mol. The molecule has 152 valence electrons. The molecule has 0 aromatic heterocycles. The number of guanidine groups is 1. The van der Waals surface area contributed by atoms with Crippen LogP contribution in [0.25, 0.3) is 0 Å². The molecule has 2 aromatic rings. The fourth-order valence-electron chi connectivity index (χ4n) is 3.49. The van der Waals surface area contributed by atoms with Crippen molar-refractivity contribution in [3.05, 3.63) is 71.5 Å². The lowest BCUT2D eigenvalue weighted by Crippen LogP contribution is -2.47. The summed E-state index contributed by atoms with van der Waals surface area (Å²) in [4.78, 5) is 6.76. The van der Waals surface area contributed by atoms with E-state index in [2.05, 4.69) is 17.4 Å². The lowest BCUT2D eigenvalue weighted by molar-refractivity contribution is 0.0512. The van der Waals surface area contributed by atoms with Gasteiger partial charge < -0.3 is 15.0 Å². The molecule has 0 bridgehead atoms. The van der Waals surface area contributed by atoms with Crippen LogP contribution in [0.5, 0.6) is 0 Å². The summed E-state index contributed by atoms with van der Waals surface area (Å²) in [5.74, 6) is 0.652. The Balaban J connectivity index is 0.00000280. The van der Waals surface area contributed by atoms with Gasteiger partial charge in [0.2, 0.25) is 0 Å². The van der Waals surface area contributed by atoms with Crippen LogP contribution in [0.4, 0.5) is 4.39 Å². The van der Waals surface area contributed by atoms with Gasteiger partial charge in [0.15, 0.2) is 5.96 Å². The van der Waals surface area contributed by atoms with Crippen LogP contribution < -0.4 is 5.32 Å². The Morgan fingerprint density at radius 2 is 1.71 bits per heavy atom. The molecule has 0 amide bonds. The van der Waals surface area contributed by atoms with Crippen LogP contribution in [-0.2, 0) is 16.7 Å². The largest absolute Gasteiger partial charge is 0.381 e. The van der Waals surface area contributed by atoms with Gasteiger partial charge >= 0.3 is 0 Å². The van der Waals surface area contributed by atoms with Gasteiger partial charge in [-0.25, -0.2) is 9.38 Å². The number of nitrogens with zero attached hydrogens (tertiary/aromatic N) is 2. The summed E-state index contributed by atoms with van der Waals surface area (Å²) in [5.41, 5.74) is 2.26.